The van der Waals surface area contributed by atoms with E-state index in [0.29, 0.717) is 11.4 Å². The highest BCUT2D eigenvalue weighted by molar-refractivity contribution is 6.33. The molecule has 12 heteroatoms. The Hall–Kier alpha value is -5.06. The van der Waals surface area contributed by atoms with Crippen LogP contribution in [0, 0.1) is 0 Å². The number of rotatable bonds is 9. The van der Waals surface area contributed by atoms with Crippen molar-refractivity contribution in [3.05, 3.63) is 131 Å². The van der Waals surface area contributed by atoms with Crippen molar-refractivity contribution < 1.29 is 19.8 Å². The molecule has 1 aliphatic rings. The molecule has 2 unspecified atom stereocenters. The lowest BCUT2D eigenvalue weighted by atomic mass is 9.88. The molecule has 2 amide bonds. The average Bonchev–Trinajstić information content (AvgIpc) is 3.00. The summed E-state index contributed by atoms with van der Waals surface area (Å²) in [4.78, 5) is 25.4. The predicted molar refractivity (Wildman–Crippen MR) is 177 cm³/mol. The van der Waals surface area contributed by atoms with Crippen molar-refractivity contribution in [3.8, 4) is 0 Å². The van der Waals surface area contributed by atoms with Crippen molar-refractivity contribution in [1.82, 2.24) is 0 Å². The molecule has 0 aromatic heterocycles. The lowest BCUT2D eigenvalue weighted by Crippen LogP contribution is -2.32. The van der Waals surface area contributed by atoms with Gasteiger partial charge in [-0.1, -0.05) is 72.3 Å². The topological polar surface area (TPSA) is 148 Å². The number of carbonyl (C=O) groups excluding carboxylic acids is 2. The second-order valence-corrected chi connectivity index (χ2v) is 11.0. The van der Waals surface area contributed by atoms with Gasteiger partial charge in [0.1, 0.15) is 22.7 Å². The normalized spacial score (nSPS) is 19.1. The maximum atomic E-state index is 12.7. The summed E-state index contributed by atoms with van der Waals surface area (Å²) in [5, 5.41) is 41.4. The highest BCUT2D eigenvalue weighted by atomic mass is 35.5. The van der Waals surface area contributed by atoms with Gasteiger partial charge in [-0.25, -0.2) is 0 Å². The average molecular weight is 646 g/mol. The summed E-state index contributed by atoms with van der Waals surface area (Å²) in [5.74, 6) is -1.84. The van der Waals surface area contributed by atoms with Gasteiger partial charge in [0.2, 0.25) is 0 Å². The van der Waals surface area contributed by atoms with Crippen LogP contribution in [0.15, 0.2) is 140 Å². The Morgan fingerprint density at radius 1 is 0.822 bits per heavy atom. The van der Waals surface area contributed by atoms with Crippen LogP contribution in [0.5, 0.6) is 0 Å². The van der Waals surface area contributed by atoms with Gasteiger partial charge in [0.25, 0.3) is 11.8 Å². The van der Waals surface area contributed by atoms with Crippen molar-refractivity contribution in [2.75, 3.05) is 10.6 Å². The molecule has 0 aliphatic heterocycles. The number of halogens is 2. The number of amides is 2. The number of nitrogens with one attached hydrogen (secondary N) is 2. The van der Waals surface area contributed by atoms with Crippen LogP contribution in [0.2, 0.25) is 5.02 Å². The standard InChI is InChI=1S/C33H30Cl2N6O4/c1-20(42)29(31(44)36-24-10-6-4-7-11-24)39-38-27-15-14-22(18-26(27)34)23-16-17-33(3,28(35)19-23)41-40-30(21(2)43)32(45)37-25-12-8-5-9-13-25/h4-19,28,42-43H,1-3H3,(H,36,44)(H,37,45)/b29-20+,30-21+,39-38?,41-40-. The summed E-state index contributed by atoms with van der Waals surface area (Å²) >= 11 is 13.2. The zero-order chi connectivity index (χ0) is 32.6. The van der Waals surface area contributed by atoms with E-state index in [4.69, 9.17) is 23.2 Å². The van der Waals surface area contributed by atoms with Crippen molar-refractivity contribution in [2.45, 2.75) is 31.7 Å². The number of allylic oxidation sites excluding steroid dienone is 4. The molecule has 0 fully saturated rings. The second kappa shape index (κ2) is 14.6. The van der Waals surface area contributed by atoms with Gasteiger partial charge >= 0.3 is 0 Å². The molecule has 4 N–H and O–H groups in total. The molecule has 45 heavy (non-hydrogen) atoms. The summed E-state index contributed by atoms with van der Waals surface area (Å²) < 4.78 is 0. The molecular formula is C33H30Cl2N6O4. The minimum Gasteiger partial charge on any atom is -0.510 e. The van der Waals surface area contributed by atoms with E-state index in [2.05, 4.69) is 31.1 Å². The molecule has 2 atom stereocenters. The Balaban J connectivity index is 1.47. The smallest absolute Gasteiger partial charge is 0.279 e. The monoisotopic (exact) mass is 644 g/mol. The Morgan fingerprint density at radius 3 is 1.84 bits per heavy atom. The van der Waals surface area contributed by atoms with Crippen LogP contribution in [-0.4, -0.2) is 32.9 Å². The van der Waals surface area contributed by atoms with Gasteiger partial charge in [0.05, 0.1) is 10.4 Å². The van der Waals surface area contributed by atoms with E-state index in [1.165, 1.54) is 13.8 Å². The van der Waals surface area contributed by atoms with Crippen LogP contribution in [0.1, 0.15) is 26.3 Å². The quantitative estimate of drug-likeness (QED) is 0.0795. The molecule has 0 spiro atoms. The lowest BCUT2D eigenvalue weighted by Gasteiger charge is -2.27. The highest BCUT2D eigenvalue weighted by Crippen LogP contribution is 2.36. The first-order valence-corrected chi connectivity index (χ1v) is 14.5. The molecule has 0 saturated carbocycles. The number of anilines is 2. The van der Waals surface area contributed by atoms with E-state index in [-0.39, 0.29) is 33.6 Å². The summed E-state index contributed by atoms with van der Waals surface area (Å²) in [6.45, 7) is 4.43. The molecule has 3 aromatic carbocycles. The number of nitrogens with zero attached hydrogens (tertiary/aromatic N) is 4. The highest BCUT2D eigenvalue weighted by Gasteiger charge is 2.33. The SMILES string of the molecule is C/C(O)=C(\N=Nc1ccc(C2=CC(Cl)C(C)(/N=N\C(C(=O)Nc3ccccc3)=C(/C)O)C=C2)cc1Cl)C(=O)Nc1ccccc1. The van der Waals surface area contributed by atoms with Crippen LogP contribution >= 0.6 is 23.2 Å². The molecule has 230 valence electrons. The number of aliphatic hydroxyl groups excluding tert-OH is 2. The van der Waals surface area contributed by atoms with Crippen molar-refractivity contribution in [3.63, 3.8) is 0 Å². The molecule has 4 rings (SSSR count). The first kappa shape index (κ1) is 32.8. The molecule has 1 aliphatic carbocycles. The van der Waals surface area contributed by atoms with E-state index in [1.807, 2.05) is 12.1 Å². The summed E-state index contributed by atoms with van der Waals surface area (Å²) in [6, 6.07) is 22.6. The zero-order valence-electron chi connectivity index (χ0n) is 24.6. The van der Waals surface area contributed by atoms with Crippen molar-refractivity contribution in [1.29, 1.82) is 0 Å². The van der Waals surface area contributed by atoms with Crippen molar-refractivity contribution >= 4 is 57.7 Å². The van der Waals surface area contributed by atoms with Crippen LogP contribution in [0.4, 0.5) is 17.1 Å². The maximum Gasteiger partial charge on any atom is 0.279 e. The molecule has 0 saturated heterocycles. The number of aliphatic hydroxyl groups is 2. The minimum atomic E-state index is -1.03. The second-order valence-electron chi connectivity index (χ2n) is 10.2. The van der Waals surface area contributed by atoms with Crippen LogP contribution in [0.3, 0.4) is 0 Å². The number of alkyl halides is 1. The van der Waals surface area contributed by atoms with Crippen LogP contribution in [0.25, 0.3) is 5.57 Å². The van der Waals surface area contributed by atoms with E-state index >= 15 is 0 Å². The number of benzene rings is 3. The molecule has 10 nitrogen and oxygen atoms in total. The van der Waals surface area contributed by atoms with E-state index in [1.54, 1.807) is 91.9 Å². The van der Waals surface area contributed by atoms with E-state index in [0.717, 1.165) is 11.1 Å². The predicted octanol–water partition coefficient (Wildman–Crippen LogP) is 9.05. The van der Waals surface area contributed by atoms with Gasteiger partial charge in [-0.3, -0.25) is 9.59 Å². The third-order valence-corrected chi connectivity index (χ3v) is 7.44. The molecule has 0 bridgehead atoms. The van der Waals surface area contributed by atoms with Gasteiger partial charge in [-0.2, -0.15) is 5.11 Å². The third-order valence-electron chi connectivity index (χ3n) is 6.57. The van der Waals surface area contributed by atoms with E-state index in [9.17, 15) is 19.8 Å². The number of azo groups is 2. The zero-order valence-corrected chi connectivity index (χ0v) is 26.1. The molecule has 0 heterocycles. The fraction of sp³-hybridized carbons (Fsp3) is 0.152. The molecular weight excluding hydrogens is 615 g/mol. The van der Waals surface area contributed by atoms with Crippen molar-refractivity contribution in [2.24, 2.45) is 20.5 Å². The van der Waals surface area contributed by atoms with E-state index < -0.39 is 22.7 Å². The van der Waals surface area contributed by atoms with Gasteiger partial charge in [-0.15, -0.1) is 26.9 Å². The summed E-state index contributed by atoms with van der Waals surface area (Å²) in [7, 11) is 0. The van der Waals surface area contributed by atoms with Gasteiger partial charge < -0.3 is 20.8 Å². The maximum absolute atomic E-state index is 12.7. The molecule has 3 aromatic rings. The number of hydrogen-bond acceptors (Lipinski definition) is 8. The number of para-hydroxylation sites is 2. The van der Waals surface area contributed by atoms with Gasteiger partial charge in [0.15, 0.2) is 11.4 Å². The Bertz CT molecular complexity index is 1760. The minimum absolute atomic E-state index is 0.240. The Kier molecular flexibility index (Phi) is 10.7. The fourth-order valence-corrected chi connectivity index (χ4v) is 4.50. The number of carbonyl (C=O) groups is 2. The number of hydrogen-bond donors (Lipinski definition) is 4. The lowest BCUT2D eigenvalue weighted by molar-refractivity contribution is -0.113. The first-order valence-electron chi connectivity index (χ1n) is 13.7. The van der Waals surface area contributed by atoms with Gasteiger partial charge in [0, 0.05) is 11.4 Å². The van der Waals surface area contributed by atoms with Gasteiger partial charge in [-0.05, 0) is 68.3 Å². The summed E-state index contributed by atoms with van der Waals surface area (Å²) in [6.07, 6.45) is 5.32. The third kappa shape index (κ3) is 8.53. The fourth-order valence-electron chi connectivity index (χ4n) is 4.03. The van der Waals surface area contributed by atoms with Crippen LogP contribution < -0.4 is 10.6 Å². The molecule has 0 radical (unpaired) electrons. The largest absolute Gasteiger partial charge is 0.510 e. The first-order chi connectivity index (χ1) is 21.5. The summed E-state index contributed by atoms with van der Waals surface area (Å²) in [5.41, 5.74) is 1.31. The Labute approximate surface area is 270 Å². The van der Waals surface area contributed by atoms with Crippen LogP contribution in [-0.2, 0) is 9.59 Å². The Morgan fingerprint density at radius 2 is 1.36 bits per heavy atom.